The highest BCUT2D eigenvalue weighted by molar-refractivity contribution is 6.36. The second-order valence-electron chi connectivity index (χ2n) is 4.05. The Morgan fingerprint density at radius 3 is 2.47 bits per heavy atom. The Hall–Kier alpha value is -0.570. The topological polar surface area (TPSA) is 29.1 Å². The molecule has 1 aromatic carbocycles. The average Bonchev–Trinajstić information content (AvgIpc) is 2.30. The number of carbonyl (C=O) groups is 1. The zero-order valence-electron chi connectivity index (χ0n) is 10.1. The molecule has 0 bridgehead atoms. The van der Waals surface area contributed by atoms with Gasteiger partial charge in [0.25, 0.3) is 0 Å². The molecule has 0 saturated carbocycles. The molecule has 0 aliphatic carbocycles. The highest BCUT2D eigenvalue weighted by atomic mass is 35.5. The maximum atomic E-state index is 12.0. The molecule has 1 rings (SSSR count). The summed E-state index contributed by atoms with van der Waals surface area (Å²) < 4.78 is 0. The van der Waals surface area contributed by atoms with Crippen molar-refractivity contribution >= 4 is 29.0 Å². The van der Waals surface area contributed by atoms with Gasteiger partial charge in [-0.05, 0) is 24.2 Å². The number of benzene rings is 1. The van der Waals surface area contributed by atoms with Crippen LogP contribution in [0.2, 0.25) is 10.0 Å². The Labute approximate surface area is 112 Å². The molecular weight excluding hydrogens is 257 g/mol. The molecule has 1 aromatic rings. The molecular formula is C13H17Cl2NO. The number of hydrogen-bond donors (Lipinski definition) is 1. The number of ketones is 1. The number of Topliss-reactive ketones (excluding diaryl/α,β-unsaturated/α-hetero) is 1. The van der Waals surface area contributed by atoms with Crippen LogP contribution in [0.15, 0.2) is 18.2 Å². The molecule has 1 N–H and O–H groups in total. The maximum Gasteiger partial charge on any atom is 0.141 e. The molecule has 0 aliphatic heterocycles. The molecule has 0 amide bonds. The summed E-state index contributed by atoms with van der Waals surface area (Å²) in [6, 6.07) is 5.29. The molecule has 2 nitrogen and oxygen atoms in total. The molecule has 0 heterocycles. The van der Waals surface area contributed by atoms with Crippen LogP contribution >= 0.6 is 23.2 Å². The Bertz CT molecular complexity index is 373. The van der Waals surface area contributed by atoms with Crippen molar-refractivity contribution in [3.8, 4) is 0 Å². The van der Waals surface area contributed by atoms with Crippen LogP contribution in [0.3, 0.4) is 0 Å². The van der Waals surface area contributed by atoms with Crippen LogP contribution in [0.4, 0.5) is 0 Å². The van der Waals surface area contributed by atoms with Crippen molar-refractivity contribution in [2.24, 2.45) is 5.92 Å². The van der Waals surface area contributed by atoms with E-state index in [1.165, 1.54) is 0 Å². The van der Waals surface area contributed by atoms with Crippen LogP contribution < -0.4 is 5.32 Å². The zero-order valence-corrected chi connectivity index (χ0v) is 11.6. The molecule has 1 atom stereocenters. The fourth-order valence-corrected chi connectivity index (χ4v) is 2.06. The number of hydrogen-bond acceptors (Lipinski definition) is 2. The summed E-state index contributed by atoms with van der Waals surface area (Å²) in [5.41, 5.74) is 0.726. The summed E-state index contributed by atoms with van der Waals surface area (Å²) in [4.78, 5) is 12.0. The van der Waals surface area contributed by atoms with E-state index in [2.05, 4.69) is 5.32 Å². The normalized spacial score (nSPS) is 12.5. The molecule has 0 radical (unpaired) electrons. The fraction of sp³-hybridized carbons (Fsp3) is 0.462. The largest absolute Gasteiger partial charge is 0.316 e. The van der Waals surface area contributed by atoms with Gasteiger partial charge in [0.15, 0.2) is 0 Å². The van der Waals surface area contributed by atoms with Crippen LogP contribution in [0, 0.1) is 5.92 Å². The molecule has 0 fully saturated rings. The van der Waals surface area contributed by atoms with Gasteiger partial charge in [-0.3, -0.25) is 4.79 Å². The summed E-state index contributed by atoms with van der Waals surface area (Å²) in [7, 11) is 0. The van der Waals surface area contributed by atoms with Gasteiger partial charge in [-0.15, -0.1) is 0 Å². The quantitative estimate of drug-likeness (QED) is 0.861. The molecule has 0 aliphatic rings. The van der Waals surface area contributed by atoms with E-state index in [0.29, 0.717) is 23.0 Å². The van der Waals surface area contributed by atoms with Gasteiger partial charge >= 0.3 is 0 Å². The van der Waals surface area contributed by atoms with Crippen LogP contribution in [0.5, 0.6) is 0 Å². The standard InChI is InChI=1S/C13H17Cl2NO/c1-3-16-8-9(2)13(17)7-10-11(14)5-4-6-12(10)15/h4-6,9,16H,3,7-8H2,1-2H3. The average molecular weight is 274 g/mol. The van der Waals surface area contributed by atoms with Crippen molar-refractivity contribution in [1.82, 2.24) is 5.32 Å². The van der Waals surface area contributed by atoms with Crippen molar-refractivity contribution in [2.75, 3.05) is 13.1 Å². The lowest BCUT2D eigenvalue weighted by Gasteiger charge is -2.12. The molecule has 0 spiro atoms. The van der Waals surface area contributed by atoms with Gasteiger partial charge in [0.1, 0.15) is 5.78 Å². The summed E-state index contributed by atoms with van der Waals surface area (Å²) in [5.74, 6) is 0.128. The summed E-state index contributed by atoms with van der Waals surface area (Å²) in [6.45, 7) is 5.49. The van der Waals surface area contributed by atoms with Gasteiger partial charge in [-0.2, -0.15) is 0 Å². The Kier molecular flexibility index (Phi) is 5.96. The minimum atomic E-state index is -0.0257. The first-order valence-electron chi connectivity index (χ1n) is 5.72. The summed E-state index contributed by atoms with van der Waals surface area (Å²) in [5, 5.41) is 4.27. The summed E-state index contributed by atoms with van der Waals surface area (Å²) >= 11 is 12.1. The Morgan fingerprint density at radius 2 is 1.94 bits per heavy atom. The van der Waals surface area contributed by atoms with E-state index >= 15 is 0 Å². The highest BCUT2D eigenvalue weighted by Gasteiger charge is 2.16. The van der Waals surface area contributed by atoms with Crippen molar-refractivity contribution < 1.29 is 4.79 Å². The monoisotopic (exact) mass is 273 g/mol. The Balaban J connectivity index is 2.68. The lowest BCUT2D eigenvalue weighted by molar-refractivity contribution is -0.121. The van der Waals surface area contributed by atoms with E-state index in [9.17, 15) is 4.79 Å². The van der Waals surface area contributed by atoms with E-state index in [-0.39, 0.29) is 11.7 Å². The van der Waals surface area contributed by atoms with Gasteiger partial charge in [-0.25, -0.2) is 0 Å². The minimum Gasteiger partial charge on any atom is -0.316 e. The van der Waals surface area contributed by atoms with E-state index in [1.54, 1.807) is 18.2 Å². The second-order valence-corrected chi connectivity index (χ2v) is 4.87. The van der Waals surface area contributed by atoms with E-state index in [1.807, 2.05) is 13.8 Å². The van der Waals surface area contributed by atoms with E-state index in [0.717, 1.165) is 12.1 Å². The van der Waals surface area contributed by atoms with E-state index in [4.69, 9.17) is 23.2 Å². The number of rotatable bonds is 6. The number of carbonyl (C=O) groups excluding carboxylic acids is 1. The number of nitrogens with one attached hydrogen (secondary N) is 1. The minimum absolute atomic E-state index is 0.0257. The van der Waals surface area contributed by atoms with Crippen LogP contribution in [-0.2, 0) is 11.2 Å². The third-order valence-electron chi connectivity index (χ3n) is 2.66. The third kappa shape index (κ3) is 4.30. The molecule has 94 valence electrons. The lowest BCUT2D eigenvalue weighted by atomic mass is 9.99. The fourth-order valence-electron chi connectivity index (χ4n) is 1.52. The molecule has 0 aromatic heterocycles. The third-order valence-corrected chi connectivity index (χ3v) is 3.37. The zero-order chi connectivity index (χ0) is 12.8. The van der Waals surface area contributed by atoms with Crippen molar-refractivity contribution in [2.45, 2.75) is 20.3 Å². The second kappa shape index (κ2) is 7.00. The van der Waals surface area contributed by atoms with Crippen LogP contribution in [0.25, 0.3) is 0 Å². The first kappa shape index (κ1) is 14.5. The SMILES string of the molecule is CCNCC(C)C(=O)Cc1c(Cl)cccc1Cl. The van der Waals surface area contributed by atoms with Gasteiger partial charge < -0.3 is 5.32 Å². The van der Waals surface area contributed by atoms with Gasteiger partial charge in [0.2, 0.25) is 0 Å². The maximum absolute atomic E-state index is 12.0. The first-order valence-corrected chi connectivity index (χ1v) is 6.48. The highest BCUT2D eigenvalue weighted by Crippen LogP contribution is 2.25. The predicted octanol–water partition coefficient (Wildman–Crippen LogP) is 3.35. The lowest BCUT2D eigenvalue weighted by Crippen LogP contribution is -2.27. The molecule has 1 unspecified atom stereocenters. The smallest absolute Gasteiger partial charge is 0.141 e. The number of halogens is 2. The van der Waals surface area contributed by atoms with Gasteiger partial charge in [-0.1, -0.05) is 43.1 Å². The van der Waals surface area contributed by atoms with Crippen LogP contribution in [-0.4, -0.2) is 18.9 Å². The Morgan fingerprint density at radius 1 is 1.35 bits per heavy atom. The van der Waals surface area contributed by atoms with Crippen LogP contribution in [0.1, 0.15) is 19.4 Å². The molecule has 17 heavy (non-hydrogen) atoms. The predicted molar refractivity (Wildman–Crippen MR) is 72.9 cm³/mol. The van der Waals surface area contributed by atoms with Crippen molar-refractivity contribution in [1.29, 1.82) is 0 Å². The van der Waals surface area contributed by atoms with Gasteiger partial charge in [0.05, 0.1) is 0 Å². The van der Waals surface area contributed by atoms with E-state index < -0.39 is 0 Å². The van der Waals surface area contributed by atoms with Crippen molar-refractivity contribution in [3.05, 3.63) is 33.8 Å². The van der Waals surface area contributed by atoms with Crippen molar-refractivity contribution in [3.63, 3.8) is 0 Å². The molecule has 0 saturated heterocycles. The first-order chi connectivity index (χ1) is 8.06. The summed E-state index contributed by atoms with van der Waals surface area (Å²) in [6.07, 6.45) is 0.297. The molecule has 4 heteroatoms. The van der Waals surface area contributed by atoms with Gasteiger partial charge in [0, 0.05) is 28.9 Å².